The Balaban J connectivity index is 2.27. The maximum atomic E-state index is 12.1. The molecule has 1 aromatic heterocycles. The van der Waals surface area contributed by atoms with Gasteiger partial charge in [-0.05, 0) is 18.2 Å². The number of nitrogen functional groups attached to an aromatic ring is 1. The number of anilines is 2. The average molecular weight is 288 g/mol. The van der Waals surface area contributed by atoms with Gasteiger partial charge >= 0.3 is 0 Å². The summed E-state index contributed by atoms with van der Waals surface area (Å²) in [7, 11) is 1.36. The summed E-state index contributed by atoms with van der Waals surface area (Å²) in [6.45, 7) is 0. The molecule has 0 aliphatic carbocycles. The Morgan fingerprint density at radius 2 is 2.14 bits per heavy atom. The van der Waals surface area contributed by atoms with Gasteiger partial charge in [-0.2, -0.15) is 0 Å². The highest BCUT2D eigenvalue weighted by molar-refractivity contribution is 6.05. The van der Waals surface area contributed by atoms with Crippen LogP contribution in [0.4, 0.5) is 17.2 Å². The minimum Gasteiger partial charge on any atom is -0.494 e. The maximum absolute atomic E-state index is 12.1. The van der Waals surface area contributed by atoms with Gasteiger partial charge in [0.1, 0.15) is 11.6 Å². The zero-order valence-corrected chi connectivity index (χ0v) is 11.1. The number of carbonyl (C=O) groups is 1. The van der Waals surface area contributed by atoms with E-state index in [9.17, 15) is 14.9 Å². The van der Waals surface area contributed by atoms with Crippen LogP contribution in [-0.4, -0.2) is 22.9 Å². The summed E-state index contributed by atoms with van der Waals surface area (Å²) in [5.41, 5.74) is 6.03. The molecule has 108 valence electrons. The van der Waals surface area contributed by atoms with E-state index in [1.807, 2.05) is 0 Å². The van der Waals surface area contributed by atoms with E-state index in [0.717, 1.165) is 0 Å². The van der Waals surface area contributed by atoms with E-state index in [4.69, 9.17) is 10.5 Å². The molecule has 0 saturated heterocycles. The van der Waals surface area contributed by atoms with Crippen molar-refractivity contribution in [2.24, 2.45) is 0 Å². The van der Waals surface area contributed by atoms with E-state index in [0.29, 0.717) is 11.3 Å². The number of nitrogens with zero attached hydrogens (tertiary/aromatic N) is 2. The number of hydrogen-bond acceptors (Lipinski definition) is 6. The number of nitrogens with one attached hydrogen (secondary N) is 1. The summed E-state index contributed by atoms with van der Waals surface area (Å²) in [4.78, 5) is 26.0. The number of benzene rings is 1. The zero-order chi connectivity index (χ0) is 15.4. The lowest BCUT2D eigenvalue weighted by Crippen LogP contribution is -2.13. The van der Waals surface area contributed by atoms with Gasteiger partial charge in [-0.25, -0.2) is 4.98 Å². The first kappa shape index (κ1) is 14.3. The third-order valence-corrected chi connectivity index (χ3v) is 2.69. The fourth-order valence-electron chi connectivity index (χ4n) is 1.68. The van der Waals surface area contributed by atoms with E-state index in [-0.39, 0.29) is 17.3 Å². The van der Waals surface area contributed by atoms with Gasteiger partial charge in [0.25, 0.3) is 11.6 Å². The van der Waals surface area contributed by atoms with Crippen LogP contribution in [0.25, 0.3) is 0 Å². The highest BCUT2D eigenvalue weighted by Gasteiger charge is 2.14. The lowest BCUT2D eigenvalue weighted by molar-refractivity contribution is -0.384. The predicted octanol–water partition coefficient (Wildman–Crippen LogP) is 1.83. The van der Waals surface area contributed by atoms with E-state index >= 15 is 0 Å². The van der Waals surface area contributed by atoms with Crippen molar-refractivity contribution in [3.05, 3.63) is 52.2 Å². The number of hydrogen-bond donors (Lipinski definition) is 2. The Morgan fingerprint density at radius 1 is 1.38 bits per heavy atom. The van der Waals surface area contributed by atoms with E-state index in [2.05, 4.69) is 10.3 Å². The number of pyridine rings is 1. The molecule has 0 saturated carbocycles. The van der Waals surface area contributed by atoms with Gasteiger partial charge in [-0.3, -0.25) is 14.9 Å². The molecule has 0 atom stereocenters. The minimum absolute atomic E-state index is 0.127. The molecule has 1 aromatic carbocycles. The van der Waals surface area contributed by atoms with Crippen molar-refractivity contribution in [3.8, 4) is 5.75 Å². The molecule has 0 aliphatic rings. The van der Waals surface area contributed by atoms with Gasteiger partial charge in [0.2, 0.25) is 0 Å². The van der Waals surface area contributed by atoms with Crippen molar-refractivity contribution < 1.29 is 14.5 Å². The largest absolute Gasteiger partial charge is 0.494 e. The van der Waals surface area contributed by atoms with Crippen molar-refractivity contribution in [1.82, 2.24) is 4.98 Å². The van der Waals surface area contributed by atoms with Crippen LogP contribution in [0.15, 0.2) is 36.5 Å². The molecule has 2 aromatic rings. The molecule has 0 radical (unpaired) electrons. The quantitative estimate of drug-likeness (QED) is 0.654. The second-order valence-corrected chi connectivity index (χ2v) is 4.07. The van der Waals surface area contributed by atoms with Crippen LogP contribution in [-0.2, 0) is 0 Å². The monoisotopic (exact) mass is 288 g/mol. The van der Waals surface area contributed by atoms with Crippen LogP contribution >= 0.6 is 0 Å². The number of rotatable bonds is 4. The number of nitro benzene ring substituents is 1. The fraction of sp³-hybridized carbons (Fsp3) is 0.0769. The number of nitrogens with two attached hydrogens (primary N) is 1. The standard InChI is InChI=1S/C13H12N4O4/c1-21-11-7-9(17(19)20)2-3-10(11)16-13(18)8-4-5-15-12(14)6-8/h2-7H,1H3,(H2,14,15)(H,16,18). The van der Waals surface area contributed by atoms with Crippen LogP contribution < -0.4 is 15.8 Å². The molecular formula is C13H12N4O4. The maximum Gasteiger partial charge on any atom is 0.273 e. The molecule has 0 fully saturated rings. The molecule has 2 rings (SSSR count). The molecule has 8 nitrogen and oxygen atoms in total. The van der Waals surface area contributed by atoms with Crippen molar-refractivity contribution in [2.75, 3.05) is 18.2 Å². The molecule has 21 heavy (non-hydrogen) atoms. The summed E-state index contributed by atoms with van der Waals surface area (Å²) in [5, 5.41) is 13.3. The Morgan fingerprint density at radius 3 is 2.76 bits per heavy atom. The molecule has 0 aliphatic heterocycles. The van der Waals surface area contributed by atoms with Crippen molar-refractivity contribution in [2.45, 2.75) is 0 Å². The minimum atomic E-state index is -0.544. The Labute approximate surface area is 119 Å². The zero-order valence-electron chi connectivity index (χ0n) is 11.1. The molecule has 0 spiro atoms. The summed E-state index contributed by atoms with van der Waals surface area (Å²) in [6, 6.07) is 6.84. The second kappa shape index (κ2) is 5.87. The number of aromatic nitrogens is 1. The summed E-state index contributed by atoms with van der Waals surface area (Å²) in [6.07, 6.45) is 1.41. The van der Waals surface area contributed by atoms with Gasteiger partial charge in [-0.15, -0.1) is 0 Å². The molecular weight excluding hydrogens is 276 g/mol. The smallest absolute Gasteiger partial charge is 0.273 e. The number of carbonyl (C=O) groups excluding carboxylic acids is 1. The Kier molecular flexibility index (Phi) is 3.98. The van der Waals surface area contributed by atoms with Gasteiger partial charge in [0, 0.05) is 17.8 Å². The van der Waals surface area contributed by atoms with Gasteiger partial charge in [-0.1, -0.05) is 0 Å². The predicted molar refractivity (Wildman–Crippen MR) is 76.3 cm³/mol. The van der Waals surface area contributed by atoms with Crippen LogP contribution in [0.3, 0.4) is 0 Å². The summed E-state index contributed by atoms with van der Waals surface area (Å²) in [5.74, 6) is -0.00542. The molecule has 8 heteroatoms. The summed E-state index contributed by atoms with van der Waals surface area (Å²) < 4.78 is 5.04. The lowest BCUT2D eigenvalue weighted by Gasteiger charge is -2.10. The lowest BCUT2D eigenvalue weighted by atomic mass is 10.2. The van der Waals surface area contributed by atoms with Crippen molar-refractivity contribution >= 4 is 23.1 Å². The Bertz CT molecular complexity index is 702. The normalized spacial score (nSPS) is 9.95. The molecule has 3 N–H and O–H groups in total. The molecule has 0 bridgehead atoms. The number of nitro groups is 1. The number of amides is 1. The summed E-state index contributed by atoms with van der Waals surface area (Å²) >= 11 is 0. The SMILES string of the molecule is COc1cc([N+](=O)[O-])ccc1NC(=O)c1ccnc(N)c1. The van der Waals surface area contributed by atoms with Gasteiger partial charge < -0.3 is 15.8 Å². The van der Waals surface area contributed by atoms with Crippen LogP contribution in [0.5, 0.6) is 5.75 Å². The third-order valence-electron chi connectivity index (χ3n) is 2.69. The first-order chi connectivity index (χ1) is 10.0. The van der Waals surface area contributed by atoms with E-state index in [1.54, 1.807) is 0 Å². The number of non-ortho nitro benzene ring substituents is 1. The van der Waals surface area contributed by atoms with Gasteiger partial charge in [0.05, 0.1) is 23.8 Å². The number of ether oxygens (including phenoxy) is 1. The van der Waals surface area contributed by atoms with Crippen LogP contribution in [0.2, 0.25) is 0 Å². The van der Waals surface area contributed by atoms with E-state index < -0.39 is 10.8 Å². The topological polar surface area (TPSA) is 120 Å². The fourth-order valence-corrected chi connectivity index (χ4v) is 1.68. The number of methoxy groups -OCH3 is 1. The van der Waals surface area contributed by atoms with Gasteiger partial charge in [0.15, 0.2) is 0 Å². The highest BCUT2D eigenvalue weighted by Crippen LogP contribution is 2.29. The second-order valence-electron chi connectivity index (χ2n) is 4.07. The first-order valence-electron chi connectivity index (χ1n) is 5.86. The molecule has 1 amide bonds. The van der Waals surface area contributed by atoms with Crippen molar-refractivity contribution in [3.63, 3.8) is 0 Å². The Hall–Kier alpha value is -3.16. The van der Waals surface area contributed by atoms with E-state index in [1.165, 1.54) is 43.6 Å². The van der Waals surface area contributed by atoms with Crippen LogP contribution in [0, 0.1) is 10.1 Å². The van der Waals surface area contributed by atoms with Crippen molar-refractivity contribution in [1.29, 1.82) is 0 Å². The van der Waals surface area contributed by atoms with Crippen LogP contribution in [0.1, 0.15) is 10.4 Å². The highest BCUT2D eigenvalue weighted by atomic mass is 16.6. The first-order valence-corrected chi connectivity index (χ1v) is 5.86. The molecule has 1 heterocycles. The third kappa shape index (κ3) is 3.24. The molecule has 0 unspecified atom stereocenters. The average Bonchev–Trinajstić information content (AvgIpc) is 2.47.